The molecule has 0 unspecified atom stereocenters. The Morgan fingerprint density at radius 1 is 1.00 bits per heavy atom. The summed E-state index contributed by atoms with van der Waals surface area (Å²) in [5, 5.41) is 7.72. The molecular formula is C12H25Cl2N3O2. The minimum absolute atomic E-state index is 0.180. The van der Waals surface area contributed by atoms with Gasteiger partial charge in [-0.25, -0.2) is 4.79 Å². The fourth-order valence-electron chi connectivity index (χ4n) is 1.01. The van der Waals surface area contributed by atoms with Crippen molar-refractivity contribution in [1.29, 1.82) is 0 Å². The summed E-state index contributed by atoms with van der Waals surface area (Å²) >= 11 is 10.7. The topological polar surface area (TPSA) is 70.2 Å². The minimum atomic E-state index is -1.00. The van der Waals surface area contributed by atoms with E-state index in [1.165, 1.54) is 6.42 Å². The standard InChI is InChI=1S/C9H17Cl2N3O2.C3H8/c1-12-9(16)14-6-4-2-3-5-13-8(15)7(10)11;1-3-2/h7H,2-6H2,1H3,(H,13,15)(H2,12,14,16);3H2,1-2H3. The molecule has 0 atom stereocenters. The van der Waals surface area contributed by atoms with Gasteiger partial charge < -0.3 is 16.0 Å². The van der Waals surface area contributed by atoms with E-state index in [0.717, 1.165) is 19.3 Å². The van der Waals surface area contributed by atoms with Gasteiger partial charge in [-0.05, 0) is 19.3 Å². The zero-order valence-corrected chi connectivity index (χ0v) is 13.4. The van der Waals surface area contributed by atoms with E-state index < -0.39 is 4.84 Å². The van der Waals surface area contributed by atoms with Crippen molar-refractivity contribution >= 4 is 35.1 Å². The quantitative estimate of drug-likeness (QED) is 0.499. The van der Waals surface area contributed by atoms with Gasteiger partial charge in [0.1, 0.15) is 0 Å². The summed E-state index contributed by atoms with van der Waals surface area (Å²) in [6.07, 6.45) is 3.87. The molecule has 0 saturated carbocycles. The molecule has 0 aromatic rings. The molecule has 0 rings (SSSR count). The molecule has 0 heterocycles. The largest absolute Gasteiger partial charge is 0.354 e. The molecule has 0 saturated heterocycles. The minimum Gasteiger partial charge on any atom is -0.354 e. The van der Waals surface area contributed by atoms with Gasteiger partial charge in [0.2, 0.25) is 0 Å². The molecule has 0 spiro atoms. The van der Waals surface area contributed by atoms with Gasteiger partial charge >= 0.3 is 6.03 Å². The van der Waals surface area contributed by atoms with Crippen molar-refractivity contribution in [2.75, 3.05) is 20.1 Å². The molecule has 3 amide bonds. The molecule has 7 heteroatoms. The highest BCUT2D eigenvalue weighted by atomic mass is 35.5. The highest BCUT2D eigenvalue weighted by Gasteiger charge is 2.09. The maximum absolute atomic E-state index is 10.9. The zero-order valence-electron chi connectivity index (χ0n) is 11.9. The van der Waals surface area contributed by atoms with Crippen molar-refractivity contribution in [3.63, 3.8) is 0 Å². The van der Waals surface area contributed by atoms with Crippen LogP contribution in [0.1, 0.15) is 39.5 Å². The number of urea groups is 1. The Bertz CT molecular complexity index is 239. The van der Waals surface area contributed by atoms with Crippen molar-refractivity contribution in [1.82, 2.24) is 16.0 Å². The SMILES string of the molecule is CCC.CNC(=O)NCCCCCNC(=O)C(Cl)Cl. The van der Waals surface area contributed by atoms with Crippen LogP contribution in [0.15, 0.2) is 0 Å². The summed E-state index contributed by atoms with van der Waals surface area (Å²) in [7, 11) is 1.57. The second kappa shape index (κ2) is 15.4. The molecule has 0 aromatic carbocycles. The van der Waals surface area contributed by atoms with Gasteiger partial charge in [-0.3, -0.25) is 4.79 Å². The first-order valence-electron chi connectivity index (χ1n) is 6.50. The van der Waals surface area contributed by atoms with E-state index in [2.05, 4.69) is 29.8 Å². The molecule has 0 fully saturated rings. The van der Waals surface area contributed by atoms with Gasteiger partial charge in [-0.2, -0.15) is 0 Å². The third-order valence-corrected chi connectivity index (χ3v) is 2.26. The molecule has 0 aromatic heterocycles. The number of unbranched alkanes of at least 4 members (excludes halogenated alkanes) is 2. The third-order valence-electron chi connectivity index (χ3n) is 1.86. The molecule has 0 bridgehead atoms. The summed E-state index contributed by atoms with van der Waals surface area (Å²) in [4.78, 5) is 20.7. The van der Waals surface area contributed by atoms with E-state index in [4.69, 9.17) is 23.2 Å². The van der Waals surface area contributed by atoms with Crippen LogP contribution in [0.3, 0.4) is 0 Å². The van der Waals surface area contributed by atoms with E-state index in [0.29, 0.717) is 13.1 Å². The van der Waals surface area contributed by atoms with Crippen LogP contribution in [0.2, 0.25) is 0 Å². The highest BCUT2D eigenvalue weighted by molar-refractivity contribution is 6.53. The van der Waals surface area contributed by atoms with Crippen LogP contribution in [0.5, 0.6) is 0 Å². The molecule has 0 aliphatic heterocycles. The van der Waals surface area contributed by atoms with Gasteiger partial charge in [0.15, 0.2) is 4.84 Å². The first-order valence-corrected chi connectivity index (χ1v) is 7.38. The monoisotopic (exact) mass is 313 g/mol. The number of hydrogen-bond donors (Lipinski definition) is 3. The average molecular weight is 314 g/mol. The number of amides is 3. The predicted molar refractivity (Wildman–Crippen MR) is 80.8 cm³/mol. The number of carbonyl (C=O) groups excluding carboxylic acids is 2. The Balaban J connectivity index is 0. The first kappa shape index (κ1) is 20.6. The normalized spacial score (nSPS) is 9.37. The Morgan fingerprint density at radius 2 is 1.47 bits per heavy atom. The Morgan fingerprint density at radius 3 is 1.89 bits per heavy atom. The van der Waals surface area contributed by atoms with Gasteiger partial charge in [0, 0.05) is 20.1 Å². The number of nitrogens with one attached hydrogen (secondary N) is 3. The lowest BCUT2D eigenvalue weighted by Crippen LogP contribution is -2.33. The number of carbonyl (C=O) groups is 2. The number of hydrogen-bond acceptors (Lipinski definition) is 2. The Labute approximate surface area is 125 Å². The van der Waals surface area contributed by atoms with Crippen LogP contribution in [0, 0.1) is 0 Å². The number of alkyl halides is 2. The van der Waals surface area contributed by atoms with Crippen LogP contribution in [-0.2, 0) is 4.79 Å². The third kappa shape index (κ3) is 17.3. The average Bonchev–Trinajstić information content (AvgIpc) is 2.37. The van der Waals surface area contributed by atoms with Crippen molar-refractivity contribution in [3.8, 4) is 0 Å². The van der Waals surface area contributed by atoms with Crippen molar-refractivity contribution < 1.29 is 9.59 Å². The van der Waals surface area contributed by atoms with Crippen molar-refractivity contribution in [2.24, 2.45) is 0 Å². The van der Waals surface area contributed by atoms with Crippen molar-refractivity contribution in [2.45, 2.75) is 44.4 Å². The van der Waals surface area contributed by atoms with E-state index >= 15 is 0 Å². The zero-order chi connectivity index (χ0) is 15.1. The lowest BCUT2D eigenvalue weighted by Gasteiger charge is -2.06. The Kier molecular flexibility index (Phi) is 16.7. The predicted octanol–water partition coefficient (Wildman–Crippen LogP) is 2.42. The number of halogens is 2. The molecule has 5 nitrogen and oxygen atoms in total. The Hall–Kier alpha value is -0.680. The molecule has 3 N–H and O–H groups in total. The summed E-state index contributed by atoms with van der Waals surface area (Å²) in [5.74, 6) is -0.369. The van der Waals surface area contributed by atoms with Gasteiger partial charge in [0.05, 0.1) is 0 Å². The molecule has 19 heavy (non-hydrogen) atoms. The van der Waals surface area contributed by atoms with Crippen LogP contribution < -0.4 is 16.0 Å². The molecule has 0 radical (unpaired) electrons. The smallest absolute Gasteiger partial charge is 0.314 e. The van der Waals surface area contributed by atoms with E-state index in [1.807, 2.05) is 0 Å². The second-order valence-corrected chi connectivity index (χ2v) is 4.96. The highest BCUT2D eigenvalue weighted by Crippen LogP contribution is 2.00. The molecule has 114 valence electrons. The van der Waals surface area contributed by atoms with E-state index in [1.54, 1.807) is 7.05 Å². The van der Waals surface area contributed by atoms with Crippen LogP contribution in [0.25, 0.3) is 0 Å². The lowest BCUT2D eigenvalue weighted by atomic mass is 10.2. The van der Waals surface area contributed by atoms with E-state index in [9.17, 15) is 9.59 Å². The van der Waals surface area contributed by atoms with Gasteiger partial charge in [-0.15, -0.1) is 0 Å². The molecular weight excluding hydrogens is 289 g/mol. The van der Waals surface area contributed by atoms with Crippen molar-refractivity contribution in [3.05, 3.63) is 0 Å². The van der Waals surface area contributed by atoms with Gasteiger partial charge in [-0.1, -0.05) is 43.5 Å². The van der Waals surface area contributed by atoms with Crippen LogP contribution >= 0.6 is 23.2 Å². The number of rotatable bonds is 7. The fraction of sp³-hybridized carbons (Fsp3) is 0.833. The summed E-state index contributed by atoms with van der Waals surface area (Å²) < 4.78 is 0. The maximum atomic E-state index is 10.9. The molecule has 0 aliphatic carbocycles. The summed E-state index contributed by atoms with van der Waals surface area (Å²) in [6.45, 7) is 5.43. The molecule has 0 aliphatic rings. The maximum Gasteiger partial charge on any atom is 0.314 e. The lowest BCUT2D eigenvalue weighted by molar-refractivity contribution is -0.119. The fourth-order valence-corrected chi connectivity index (χ4v) is 1.16. The summed E-state index contributed by atoms with van der Waals surface area (Å²) in [5.41, 5.74) is 0. The summed E-state index contributed by atoms with van der Waals surface area (Å²) in [6, 6.07) is -0.180. The van der Waals surface area contributed by atoms with Crippen LogP contribution in [-0.4, -0.2) is 36.9 Å². The second-order valence-electron chi connectivity index (χ2n) is 3.87. The van der Waals surface area contributed by atoms with E-state index in [-0.39, 0.29) is 11.9 Å². The first-order chi connectivity index (χ1) is 8.99. The van der Waals surface area contributed by atoms with Gasteiger partial charge in [0.25, 0.3) is 5.91 Å². The van der Waals surface area contributed by atoms with Crippen LogP contribution in [0.4, 0.5) is 4.79 Å².